The second kappa shape index (κ2) is 5.57. The Labute approximate surface area is 133 Å². The zero-order valence-electron chi connectivity index (χ0n) is 12.1. The van der Waals surface area contributed by atoms with Crippen LogP contribution in [0.4, 0.5) is 5.69 Å². The van der Waals surface area contributed by atoms with E-state index in [4.69, 9.17) is 0 Å². The largest absolute Gasteiger partial charge is 0.323 e. The first-order valence-corrected chi connectivity index (χ1v) is 9.16. The lowest BCUT2D eigenvalue weighted by Gasteiger charge is -2.30. The van der Waals surface area contributed by atoms with E-state index < -0.39 is 0 Å². The van der Waals surface area contributed by atoms with Gasteiger partial charge in [0.05, 0.1) is 10.6 Å². The summed E-state index contributed by atoms with van der Waals surface area (Å²) in [6, 6.07) is 7.38. The number of hydrogen-bond acceptors (Lipinski definition) is 4. The highest BCUT2D eigenvalue weighted by Gasteiger charge is 2.52. The Balaban J connectivity index is 1.79. The van der Waals surface area contributed by atoms with E-state index in [-0.39, 0.29) is 22.7 Å². The Kier molecular flexibility index (Phi) is 3.92. The lowest BCUT2D eigenvalue weighted by atomic mass is 10.2. The smallest absolute Gasteiger partial charge is 0.248 e. The molecule has 0 bridgehead atoms. The molecule has 2 amide bonds. The van der Waals surface area contributed by atoms with Gasteiger partial charge in [0.1, 0.15) is 6.04 Å². The molecule has 2 aliphatic heterocycles. The second-order valence-corrected chi connectivity index (χ2v) is 7.80. The third-order valence-corrected chi connectivity index (χ3v) is 6.41. The number of anilines is 1. The highest BCUT2D eigenvalue weighted by molar-refractivity contribution is 8.01. The van der Waals surface area contributed by atoms with Crippen LogP contribution in [0.3, 0.4) is 0 Å². The molecule has 2 aliphatic rings. The van der Waals surface area contributed by atoms with Gasteiger partial charge >= 0.3 is 0 Å². The molecule has 4 nitrogen and oxygen atoms in total. The molecular weight excluding hydrogens is 304 g/mol. The molecule has 2 atom stereocenters. The Morgan fingerprint density at radius 3 is 3.00 bits per heavy atom. The number of thioether (sulfide) groups is 2. The summed E-state index contributed by atoms with van der Waals surface area (Å²) in [6.45, 7) is 2.06. The number of hydrogen-bond donors (Lipinski definition) is 1. The second-order valence-electron chi connectivity index (χ2n) is 5.46. The molecule has 0 radical (unpaired) electrons. The van der Waals surface area contributed by atoms with Gasteiger partial charge in [-0.15, -0.1) is 23.5 Å². The Morgan fingerprint density at radius 2 is 2.24 bits per heavy atom. The van der Waals surface area contributed by atoms with Crippen LogP contribution in [-0.4, -0.2) is 39.6 Å². The predicted molar refractivity (Wildman–Crippen MR) is 87.6 cm³/mol. The monoisotopic (exact) mass is 322 g/mol. The maximum Gasteiger partial charge on any atom is 0.248 e. The zero-order valence-corrected chi connectivity index (χ0v) is 13.7. The summed E-state index contributed by atoms with van der Waals surface area (Å²) >= 11 is 3.31. The molecule has 3 rings (SSSR count). The van der Waals surface area contributed by atoms with E-state index >= 15 is 0 Å². The summed E-state index contributed by atoms with van der Waals surface area (Å²) in [7, 11) is 0. The molecule has 1 N–H and O–H groups in total. The van der Waals surface area contributed by atoms with Crippen molar-refractivity contribution in [2.24, 2.45) is 0 Å². The first kappa shape index (κ1) is 14.8. The van der Waals surface area contributed by atoms with Crippen LogP contribution in [-0.2, 0) is 9.59 Å². The average molecular weight is 322 g/mol. The minimum absolute atomic E-state index is 0.0806. The van der Waals surface area contributed by atoms with Gasteiger partial charge in [0.15, 0.2) is 0 Å². The molecule has 0 spiro atoms. The summed E-state index contributed by atoms with van der Waals surface area (Å²) in [5.41, 5.74) is 0.820. The number of carbonyl (C=O) groups is 2. The number of carbonyl (C=O) groups excluding carboxylic acids is 2. The quantitative estimate of drug-likeness (QED) is 0.870. The van der Waals surface area contributed by atoms with Crippen molar-refractivity contribution in [3.05, 3.63) is 24.3 Å². The van der Waals surface area contributed by atoms with E-state index in [0.717, 1.165) is 17.0 Å². The first-order chi connectivity index (χ1) is 10.0. The number of nitrogens with zero attached hydrogens (tertiary/aromatic N) is 1. The topological polar surface area (TPSA) is 49.4 Å². The number of fused-ring (bicyclic) bond motifs is 1. The molecule has 0 saturated carbocycles. The maximum atomic E-state index is 12.6. The summed E-state index contributed by atoms with van der Waals surface area (Å²) in [4.78, 5) is 27.3. The van der Waals surface area contributed by atoms with Crippen LogP contribution in [0.5, 0.6) is 0 Å². The SMILES string of the molecule is CSc1ccccc1NC(=O)C1CSC2(C)CCC(=O)N12. The molecule has 2 saturated heterocycles. The van der Waals surface area contributed by atoms with Gasteiger partial charge in [0.2, 0.25) is 11.8 Å². The Hall–Kier alpha value is -1.14. The Morgan fingerprint density at radius 1 is 1.48 bits per heavy atom. The third kappa shape index (κ3) is 2.55. The van der Waals surface area contributed by atoms with E-state index in [9.17, 15) is 9.59 Å². The summed E-state index contributed by atoms with van der Waals surface area (Å²) in [5, 5.41) is 2.99. The minimum atomic E-state index is -0.357. The normalized spacial score (nSPS) is 27.8. The van der Waals surface area contributed by atoms with Crippen LogP contribution in [0.25, 0.3) is 0 Å². The van der Waals surface area contributed by atoms with Crippen LogP contribution in [0, 0.1) is 0 Å². The van der Waals surface area contributed by atoms with Crippen LogP contribution < -0.4 is 5.32 Å². The van der Waals surface area contributed by atoms with Crippen molar-refractivity contribution in [1.82, 2.24) is 4.90 Å². The molecule has 2 fully saturated rings. The molecule has 1 aromatic rings. The van der Waals surface area contributed by atoms with Crippen LogP contribution in [0.15, 0.2) is 29.2 Å². The highest BCUT2D eigenvalue weighted by Crippen LogP contribution is 2.47. The standard InChI is InChI=1S/C15H18N2O2S2/c1-15-8-7-13(18)17(15)11(9-21-15)14(19)16-10-5-3-4-6-12(10)20-2/h3-6,11H,7-9H2,1-2H3,(H,16,19). The van der Waals surface area contributed by atoms with E-state index in [2.05, 4.69) is 12.2 Å². The van der Waals surface area contributed by atoms with Gasteiger partial charge in [-0.1, -0.05) is 12.1 Å². The molecule has 0 aromatic heterocycles. The summed E-state index contributed by atoms with van der Waals surface area (Å²) in [6.07, 6.45) is 3.37. The lowest BCUT2D eigenvalue weighted by molar-refractivity contribution is -0.135. The van der Waals surface area contributed by atoms with Crippen LogP contribution >= 0.6 is 23.5 Å². The van der Waals surface area contributed by atoms with Gasteiger partial charge in [0, 0.05) is 17.1 Å². The molecule has 2 heterocycles. The van der Waals surface area contributed by atoms with E-state index in [1.54, 1.807) is 28.4 Å². The maximum absolute atomic E-state index is 12.6. The molecule has 0 aliphatic carbocycles. The highest BCUT2D eigenvalue weighted by atomic mass is 32.2. The van der Waals surface area contributed by atoms with E-state index in [0.29, 0.717) is 12.2 Å². The van der Waals surface area contributed by atoms with Gasteiger partial charge in [-0.25, -0.2) is 0 Å². The Bertz CT molecular complexity index is 593. The number of benzene rings is 1. The summed E-state index contributed by atoms with van der Waals surface area (Å²) in [5.74, 6) is 0.693. The molecule has 2 unspecified atom stereocenters. The van der Waals surface area contributed by atoms with Crippen molar-refractivity contribution >= 4 is 41.0 Å². The predicted octanol–water partition coefficient (Wildman–Crippen LogP) is 2.80. The van der Waals surface area contributed by atoms with Gasteiger partial charge in [0.25, 0.3) is 0 Å². The number of rotatable bonds is 3. The number of amides is 2. The zero-order chi connectivity index (χ0) is 15.0. The molecular formula is C15H18N2O2S2. The fraction of sp³-hybridized carbons (Fsp3) is 0.467. The van der Waals surface area contributed by atoms with Crippen LogP contribution in [0.1, 0.15) is 19.8 Å². The van der Waals surface area contributed by atoms with E-state index in [1.807, 2.05) is 30.5 Å². The van der Waals surface area contributed by atoms with Crippen LogP contribution in [0.2, 0.25) is 0 Å². The molecule has 6 heteroatoms. The average Bonchev–Trinajstić information content (AvgIpc) is 2.97. The third-order valence-electron chi connectivity index (χ3n) is 4.11. The van der Waals surface area contributed by atoms with Gasteiger partial charge < -0.3 is 10.2 Å². The van der Waals surface area contributed by atoms with Crippen molar-refractivity contribution in [3.63, 3.8) is 0 Å². The van der Waals surface area contributed by atoms with Crippen molar-refractivity contribution in [3.8, 4) is 0 Å². The minimum Gasteiger partial charge on any atom is -0.323 e. The first-order valence-electron chi connectivity index (χ1n) is 6.95. The van der Waals surface area contributed by atoms with Crippen molar-refractivity contribution in [1.29, 1.82) is 0 Å². The lowest BCUT2D eigenvalue weighted by Crippen LogP contribution is -2.48. The molecule has 21 heavy (non-hydrogen) atoms. The number of para-hydroxylation sites is 1. The summed E-state index contributed by atoms with van der Waals surface area (Å²) < 4.78 is 0. The van der Waals surface area contributed by atoms with Gasteiger partial charge in [-0.2, -0.15) is 0 Å². The van der Waals surface area contributed by atoms with E-state index in [1.165, 1.54) is 0 Å². The van der Waals surface area contributed by atoms with Crippen molar-refractivity contribution < 1.29 is 9.59 Å². The fourth-order valence-corrected chi connectivity index (χ4v) is 4.96. The van der Waals surface area contributed by atoms with Crippen molar-refractivity contribution in [2.45, 2.75) is 35.6 Å². The molecule has 112 valence electrons. The van der Waals surface area contributed by atoms with Gasteiger partial charge in [-0.3, -0.25) is 9.59 Å². The fourth-order valence-electron chi connectivity index (χ4n) is 2.98. The number of nitrogens with one attached hydrogen (secondary N) is 1. The molecule has 1 aromatic carbocycles. The van der Waals surface area contributed by atoms with Crippen molar-refractivity contribution in [2.75, 3.05) is 17.3 Å². The van der Waals surface area contributed by atoms with Gasteiger partial charge in [-0.05, 0) is 31.7 Å².